The van der Waals surface area contributed by atoms with Crippen LogP contribution >= 0.6 is 23.4 Å². The fourth-order valence-corrected chi connectivity index (χ4v) is 4.05. The standard InChI is InChI=1S/C23H21ClN2O7S/c1-4-33-22(29)17-10-14(5-6-18(17)24)25-20(27)12-26-21(28)19(34-23(26)30)9-13-7-15(31-2)11-16(8-13)32-3/h5-11H,4,12H2,1-3H3,(H,25,27)/b19-9+. The van der Waals surface area contributed by atoms with Gasteiger partial charge in [0.25, 0.3) is 11.1 Å². The predicted octanol–water partition coefficient (Wildman–Crippen LogP) is 4.21. The Labute approximate surface area is 205 Å². The highest BCUT2D eigenvalue weighted by Gasteiger charge is 2.36. The van der Waals surface area contributed by atoms with E-state index >= 15 is 0 Å². The number of halogens is 1. The molecule has 1 heterocycles. The monoisotopic (exact) mass is 504 g/mol. The van der Waals surface area contributed by atoms with Crippen molar-refractivity contribution in [3.05, 3.63) is 57.5 Å². The quantitative estimate of drug-likeness (QED) is 0.420. The summed E-state index contributed by atoms with van der Waals surface area (Å²) in [6.45, 7) is 1.33. The zero-order valence-corrected chi connectivity index (χ0v) is 20.1. The molecule has 1 aliphatic rings. The van der Waals surface area contributed by atoms with Crippen LogP contribution in [0.4, 0.5) is 10.5 Å². The number of hydrogen-bond acceptors (Lipinski definition) is 8. The molecule has 1 saturated heterocycles. The largest absolute Gasteiger partial charge is 0.497 e. The Bertz CT molecular complexity index is 1160. The van der Waals surface area contributed by atoms with Crippen molar-refractivity contribution in [1.29, 1.82) is 0 Å². The first-order valence-corrected chi connectivity index (χ1v) is 11.2. The van der Waals surface area contributed by atoms with E-state index < -0.39 is 29.6 Å². The third-order valence-electron chi connectivity index (χ3n) is 4.59. The first kappa shape index (κ1) is 25.1. The van der Waals surface area contributed by atoms with Crippen molar-refractivity contribution in [2.24, 2.45) is 0 Å². The lowest BCUT2D eigenvalue weighted by Crippen LogP contribution is -2.36. The number of anilines is 1. The van der Waals surface area contributed by atoms with Gasteiger partial charge in [-0.05, 0) is 60.7 Å². The van der Waals surface area contributed by atoms with Gasteiger partial charge in [-0.3, -0.25) is 19.3 Å². The van der Waals surface area contributed by atoms with Gasteiger partial charge in [-0.15, -0.1) is 0 Å². The number of ether oxygens (including phenoxy) is 3. The molecule has 1 fully saturated rings. The molecular weight excluding hydrogens is 484 g/mol. The Balaban J connectivity index is 1.72. The molecule has 0 saturated carbocycles. The topological polar surface area (TPSA) is 111 Å². The molecule has 0 radical (unpaired) electrons. The number of hydrogen-bond donors (Lipinski definition) is 1. The second kappa shape index (κ2) is 11.1. The second-order valence-electron chi connectivity index (χ2n) is 6.88. The van der Waals surface area contributed by atoms with Crippen LogP contribution < -0.4 is 14.8 Å². The molecular formula is C23H21ClN2O7S. The third kappa shape index (κ3) is 5.89. The van der Waals surface area contributed by atoms with Gasteiger partial charge in [0.15, 0.2) is 0 Å². The first-order chi connectivity index (χ1) is 16.2. The van der Waals surface area contributed by atoms with Gasteiger partial charge in [0.05, 0.1) is 36.3 Å². The van der Waals surface area contributed by atoms with Crippen LogP contribution in [0.15, 0.2) is 41.3 Å². The number of rotatable bonds is 8. The minimum absolute atomic E-state index is 0.0872. The van der Waals surface area contributed by atoms with Gasteiger partial charge >= 0.3 is 5.97 Å². The van der Waals surface area contributed by atoms with Crippen molar-refractivity contribution in [2.75, 3.05) is 32.7 Å². The summed E-state index contributed by atoms with van der Waals surface area (Å²) in [5, 5.41) is 2.15. The molecule has 1 N–H and O–H groups in total. The highest BCUT2D eigenvalue weighted by atomic mass is 35.5. The number of methoxy groups -OCH3 is 2. The molecule has 9 nitrogen and oxygen atoms in total. The summed E-state index contributed by atoms with van der Waals surface area (Å²) in [4.78, 5) is 50.7. The van der Waals surface area contributed by atoms with Crippen LogP contribution in [0.3, 0.4) is 0 Å². The summed E-state index contributed by atoms with van der Waals surface area (Å²) in [5.74, 6) is -0.809. The normalized spacial score (nSPS) is 14.4. The molecule has 3 rings (SSSR count). The van der Waals surface area contributed by atoms with E-state index in [1.807, 2.05) is 0 Å². The summed E-state index contributed by atoms with van der Waals surface area (Å²) < 4.78 is 15.4. The number of carbonyl (C=O) groups is 4. The van der Waals surface area contributed by atoms with Gasteiger partial charge in [0.1, 0.15) is 18.0 Å². The molecule has 0 unspecified atom stereocenters. The van der Waals surface area contributed by atoms with Crippen molar-refractivity contribution in [3.8, 4) is 11.5 Å². The maximum Gasteiger partial charge on any atom is 0.339 e. The fraction of sp³-hybridized carbons (Fsp3) is 0.217. The lowest BCUT2D eigenvalue weighted by atomic mass is 10.2. The number of esters is 1. The number of nitrogens with one attached hydrogen (secondary N) is 1. The molecule has 1 aliphatic heterocycles. The van der Waals surface area contributed by atoms with Gasteiger partial charge < -0.3 is 19.5 Å². The number of thioether (sulfide) groups is 1. The average Bonchev–Trinajstić information content (AvgIpc) is 3.07. The van der Waals surface area contributed by atoms with Crippen LogP contribution in [0.2, 0.25) is 5.02 Å². The molecule has 0 aromatic heterocycles. The number of nitrogens with zero attached hydrogens (tertiary/aromatic N) is 1. The minimum atomic E-state index is -0.631. The smallest absolute Gasteiger partial charge is 0.339 e. The number of carbonyl (C=O) groups excluding carboxylic acids is 4. The molecule has 2 aromatic carbocycles. The van der Waals surface area contributed by atoms with Gasteiger partial charge in [-0.25, -0.2) is 4.79 Å². The van der Waals surface area contributed by atoms with Crippen LogP contribution in [0.25, 0.3) is 6.08 Å². The van der Waals surface area contributed by atoms with E-state index in [0.717, 1.165) is 16.7 Å². The number of amides is 3. The number of benzene rings is 2. The van der Waals surface area contributed by atoms with Crippen LogP contribution in [0, 0.1) is 0 Å². The number of imide groups is 1. The molecule has 178 valence electrons. The van der Waals surface area contributed by atoms with Gasteiger partial charge in [-0.1, -0.05) is 11.6 Å². The Morgan fingerprint density at radius 3 is 2.38 bits per heavy atom. The van der Waals surface area contributed by atoms with E-state index in [4.69, 9.17) is 25.8 Å². The van der Waals surface area contributed by atoms with E-state index in [1.165, 1.54) is 38.5 Å². The summed E-state index contributed by atoms with van der Waals surface area (Å²) in [7, 11) is 3.00. The predicted molar refractivity (Wildman–Crippen MR) is 128 cm³/mol. The molecule has 2 aromatic rings. The molecule has 0 spiro atoms. The van der Waals surface area contributed by atoms with Gasteiger partial charge in [0.2, 0.25) is 5.91 Å². The van der Waals surface area contributed by atoms with Crippen molar-refractivity contribution in [2.45, 2.75) is 6.92 Å². The molecule has 0 aliphatic carbocycles. The minimum Gasteiger partial charge on any atom is -0.497 e. The maximum absolute atomic E-state index is 12.8. The first-order valence-electron chi connectivity index (χ1n) is 10.0. The lowest BCUT2D eigenvalue weighted by molar-refractivity contribution is -0.127. The van der Waals surface area contributed by atoms with Crippen molar-refractivity contribution in [3.63, 3.8) is 0 Å². The van der Waals surface area contributed by atoms with Gasteiger partial charge in [-0.2, -0.15) is 0 Å². The second-order valence-corrected chi connectivity index (χ2v) is 8.28. The van der Waals surface area contributed by atoms with Crippen LogP contribution in [0.1, 0.15) is 22.8 Å². The van der Waals surface area contributed by atoms with E-state index in [9.17, 15) is 19.2 Å². The summed E-state index contributed by atoms with van der Waals surface area (Å²) in [6, 6.07) is 9.34. The molecule has 11 heteroatoms. The van der Waals surface area contributed by atoms with Crippen molar-refractivity contribution < 1.29 is 33.4 Å². The Hall–Kier alpha value is -3.50. The van der Waals surface area contributed by atoms with Crippen molar-refractivity contribution >= 4 is 58.1 Å². The SMILES string of the molecule is CCOC(=O)c1cc(NC(=O)CN2C(=O)S/C(=C/c3cc(OC)cc(OC)c3)C2=O)ccc1Cl. The molecule has 3 amide bonds. The van der Waals surface area contributed by atoms with Crippen LogP contribution in [-0.2, 0) is 14.3 Å². The van der Waals surface area contributed by atoms with Crippen molar-refractivity contribution in [1.82, 2.24) is 4.90 Å². The van der Waals surface area contributed by atoms with E-state index in [0.29, 0.717) is 17.1 Å². The van der Waals surface area contributed by atoms with Crippen LogP contribution in [0.5, 0.6) is 11.5 Å². The Morgan fingerprint density at radius 1 is 1.09 bits per heavy atom. The molecule has 34 heavy (non-hydrogen) atoms. The Kier molecular flexibility index (Phi) is 8.19. The summed E-state index contributed by atoms with van der Waals surface area (Å²) >= 11 is 6.75. The summed E-state index contributed by atoms with van der Waals surface area (Å²) in [6.07, 6.45) is 1.53. The van der Waals surface area contributed by atoms with E-state index in [2.05, 4.69) is 5.32 Å². The lowest BCUT2D eigenvalue weighted by Gasteiger charge is -2.13. The molecule has 0 bridgehead atoms. The zero-order valence-electron chi connectivity index (χ0n) is 18.5. The van der Waals surface area contributed by atoms with E-state index in [-0.39, 0.29) is 27.8 Å². The average molecular weight is 505 g/mol. The van der Waals surface area contributed by atoms with Gasteiger partial charge in [0, 0.05) is 11.8 Å². The fourth-order valence-electron chi connectivity index (χ4n) is 3.01. The highest BCUT2D eigenvalue weighted by Crippen LogP contribution is 2.33. The van der Waals surface area contributed by atoms with E-state index in [1.54, 1.807) is 25.1 Å². The molecule has 0 atom stereocenters. The maximum atomic E-state index is 12.8. The highest BCUT2D eigenvalue weighted by molar-refractivity contribution is 8.18. The third-order valence-corrected chi connectivity index (χ3v) is 5.83. The summed E-state index contributed by atoms with van der Waals surface area (Å²) in [5.41, 5.74) is 0.950. The van der Waals surface area contributed by atoms with Crippen LogP contribution in [-0.4, -0.2) is 55.3 Å². The zero-order chi connectivity index (χ0) is 24.8. The Morgan fingerprint density at radius 2 is 1.76 bits per heavy atom.